The summed E-state index contributed by atoms with van der Waals surface area (Å²) in [6, 6.07) is 7.06. The van der Waals surface area contributed by atoms with Gasteiger partial charge in [-0.3, -0.25) is 0 Å². The van der Waals surface area contributed by atoms with Crippen molar-refractivity contribution in [1.29, 1.82) is 0 Å². The van der Waals surface area contributed by atoms with E-state index in [2.05, 4.69) is 38.7 Å². The lowest BCUT2D eigenvalue weighted by atomic mass is 10.1. The van der Waals surface area contributed by atoms with Crippen LogP contribution in [0.15, 0.2) is 23.6 Å². The van der Waals surface area contributed by atoms with Gasteiger partial charge in [-0.25, -0.2) is 0 Å². The van der Waals surface area contributed by atoms with Gasteiger partial charge in [0.05, 0.1) is 11.6 Å². The van der Waals surface area contributed by atoms with Gasteiger partial charge in [0, 0.05) is 43.1 Å². The van der Waals surface area contributed by atoms with E-state index >= 15 is 0 Å². The van der Waals surface area contributed by atoms with E-state index in [0.717, 1.165) is 5.88 Å². The lowest BCUT2D eigenvalue weighted by Crippen LogP contribution is -2.22. The summed E-state index contributed by atoms with van der Waals surface area (Å²) in [5.41, 5.74) is 5.52. The van der Waals surface area contributed by atoms with Crippen LogP contribution >= 0.6 is 11.8 Å². The molecule has 0 aromatic heterocycles. The van der Waals surface area contributed by atoms with Gasteiger partial charge in [0.1, 0.15) is 0 Å². The van der Waals surface area contributed by atoms with Crippen LogP contribution in [0.4, 0.5) is 11.4 Å². The van der Waals surface area contributed by atoms with Gasteiger partial charge in [0.15, 0.2) is 0 Å². The molecule has 0 saturated carbocycles. The van der Waals surface area contributed by atoms with Crippen LogP contribution in [0.25, 0.3) is 5.70 Å². The summed E-state index contributed by atoms with van der Waals surface area (Å²) in [6.45, 7) is 4.85. The van der Waals surface area contributed by atoms with Crippen molar-refractivity contribution in [2.75, 3.05) is 41.9 Å². The van der Waals surface area contributed by atoms with Gasteiger partial charge in [0.25, 0.3) is 0 Å². The summed E-state index contributed by atoms with van der Waals surface area (Å²) in [5, 5.41) is 5.78. The number of nitrogens with zero attached hydrogens (tertiary/aromatic N) is 2. The molecule has 112 valence electrons. The van der Waals surface area contributed by atoms with Crippen molar-refractivity contribution >= 4 is 28.8 Å². The van der Waals surface area contributed by atoms with Crippen molar-refractivity contribution in [3.63, 3.8) is 0 Å². The summed E-state index contributed by atoms with van der Waals surface area (Å²) in [4.78, 5) is 5.11. The fraction of sp³-hybridized carbons (Fsp3) is 0.529. The van der Waals surface area contributed by atoms with E-state index in [1.165, 1.54) is 74.5 Å². The van der Waals surface area contributed by atoms with Gasteiger partial charge in [-0.15, -0.1) is 11.8 Å². The highest BCUT2D eigenvalue weighted by atomic mass is 32.2. The normalized spacial score (nSPS) is 21.8. The maximum Gasteiger partial charge on any atom is 0.0652 e. The fourth-order valence-corrected chi connectivity index (χ4v) is 4.28. The molecule has 0 radical (unpaired) electrons. The Bertz CT molecular complexity index is 543. The highest BCUT2D eigenvalue weighted by Crippen LogP contribution is 2.35. The molecule has 2 saturated heterocycles. The minimum atomic E-state index is 1.00. The standard InChI is InChI=1S/C17H23N3S/c1-2-8-19(7-1)14-5-6-15(16-12-21-13-18-16)17(11-14)20-9-3-4-10-20/h5-6,11-12,18H,1-4,7-10,13H2. The topological polar surface area (TPSA) is 18.5 Å². The van der Waals surface area contributed by atoms with Gasteiger partial charge < -0.3 is 15.1 Å². The van der Waals surface area contributed by atoms with Crippen LogP contribution < -0.4 is 15.1 Å². The third-order valence-electron chi connectivity index (χ3n) is 4.74. The van der Waals surface area contributed by atoms with E-state index in [1.54, 1.807) is 0 Å². The van der Waals surface area contributed by atoms with Crippen LogP contribution in [0, 0.1) is 0 Å². The molecule has 21 heavy (non-hydrogen) atoms. The van der Waals surface area contributed by atoms with Gasteiger partial charge in [-0.05, 0) is 49.3 Å². The van der Waals surface area contributed by atoms with Crippen LogP contribution in [-0.4, -0.2) is 32.1 Å². The molecule has 3 aliphatic rings. The van der Waals surface area contributed by atoms with Crippen molar-refractivity contribution in [3.8, 4) is 0 Å². The van der Waals surface area contributed by atoms with Crippen LogP contribution in [0.3, 0.4) is 0 Å². The van der Waals surface area contributed by atoms with E-state index in [-0.39, 0.29) is 0 Å². The molecular weight excluding hydrogens is 278 g/mol. The Morgan fingerprint density at radius 2 is 1.62 bits per heavy atom. The number of thioether (sulfide) groups is 1. The smallest absolute Gasteiger partial charge is 0.0652 e. The molecule has 0 aliphatic carbocycles. The number of anilines is 2. The highest BCUT2D eigenvalue weighted by Gasteiger charge is 2.21. The molecule has 3 heterocycles. The van der Waals surface area contributed by atoms with E-state index in [9.17, 15) is 0 Å². The van der Waals surface area contributed by atoms with Crippen LogP contribution in [0.1, 0.15) is 31.2 Å². The quantitative estimate of drug-likeness (QED) is 0.921. The van der Waals surface area contributed by atoms with Gasteiger partial charge >= 0.3 is 0 Å². The first-order valence-corrected chi connectivity index (χ1v) is 9.17. The molecule has 0 unspecified atom stereocenters. The van der Waals surface area contributed by atoms with Gasteiger partial charge in [-0.2, -0.15) is 0 Å². The summed E-state index contributed by atoms with van der Waals surface area (Å²) in [5.74, 6) is 1.00. The molecule has 1 N–H and O–H groups in total. The second-order valence-electron chi connectivity index (χ2n) is 6.11. The van der Waals surface area contributed by atoms with E-state index < -0.39 is 0 Å². The van der Waals surface area contributed by atoms with E-state index in [0.29, 0.717) is 0 Å². The molecule has 4 heteroatoms. The Kier molecular flexibility index (Phi) is 3.72. The highest BCUT2D eigenvalue weighted by molar-refractivity contribution is 8.02. The van der Waals surface area contributed by atoms with Gasteiger partial charge in [-0.1, -0.05) is 0 Å². The van der Waals surface area contributed by atoms with E-state index in [1.807, 2.05) is 11.8 Å². The molecule has 1 aromatic carbocycles. The molecule has 3 aliphatic heterocycles. The van der Waals surface area contributed by atoms with Crippen LogP contribution in [-0.2, 0) is 0 Å². The first-order chi connectivity index (χ1) is 10.4. The SMILES string of the molecule is C1=C(c2ccc(N3CCCC3)cc2N2CCCC2)NCS1. The molecular formula is C17H23N3S. The summed E-state index contributed by atoms with van der Waals surface area (Å²) >= 11 is 1.86. The molecule has 0 spiro atoms. The van der Waals surface area contributed by atoms with Crippen molar-refractivity contribution in [1.82, 2.24) is 5.32 Å². The maximum absolute atomic E-state index is 3.51. The first kappa shape index (κ1) is 13.4. The predicted molar refractivity (Wildman–Crippen MR) is 92.9 cm³/mol. The molecule has 0 atom stereocenters. The van der Waals surface area contributed by atoms with Crippen LogP contribution in [0.5, 0.6) is 0 Å². The first-order valence-electron chi connectivity index (χ1n) is 8.12. The monoisotopic (exact) mass is 301 g/mol. The fourth-order valence-electron chi connectivity index (χ4n) is 3.58. The second-order valence-corrected chi connectivity index (χ2v) is 6.97. The van der Waals surface area contributed by atoms with Crippen molar-refractivity contribution in [2.45, 2.75) is 25.7 Å². The largest absolute Gasteiger partial charge is 0.375 e. The maximum atomic E-state index is 3.51. The lowest BCUT2D eigenvalue weighted by Gasteiger charge is -2.26. The third kappa shape index (κ3) is 2.61. The van der Waals surface area contributed by atoms with Crippen molar-refractivity contribution < 1.29 is 0 Å². The Morgan fingerprint density at radius 3 is 2.29 bits per heavy atom. The molecule has 3 nitrogen and oxygen atoms in total. The third-order valence-corrected chi connectivity index (χ3v) is 5.45. The number of nitrogens with one attached hydrogen (secondary N) is 1. The number of benzene rings is 1. The molecule has 0 amide bonds. The Labute approximate surface area is 131 Å². The lowest BCUT2D eigenvalue weighted by molar-refractivity contribution is 0.945. The molecule has 1 aromatic rings. The molecule has 2 fully saturated rings. The summed E-state index contributed by atoms with van der Waals surface area (Å²) in [6.07, 6.45) is 5.33. The van der Waals surface area contributed by atoms with Gasteiger partial charge in [0.2, 0.25) is 0 Å². The zero-order valence-corrected chi connectivity index (χ0v) is 13.3. The van der Waals surface area contributed by atoms with E-state index in [4.69, 9.17) is 0 Å². The van der Waals surface area contributed by atoms with Crippen LogP contribution in [0.2, 0.25) is 0 Å². The molecule has 0 bridgehead atoms. The number of rotatable bonds is 3. The summed E-state index contributed by atoms with van der Waals surface area (Å²) < 4.78 is 0. The van der Waals surface area contributed by atoms with Crippen molar-refractivity contribution in [3.05, 3.63) is 29.2 Å². The summed E-state index contributed by atoms with van der Waals surface area (Å²) in [7, 11) is 0. The second kappa shape index (κ2) is 5.84. The zero-order valence-electron chi connectivity index (χ0n) is 12.5. The average Bonchev–Trinajstić information content (AvgIpc) is 3.28. The minimum absolute atomic E-state index is 1.00. The minimum Gasteiger partial charge on any atom is -0.375 e. The zero-order chi connectivity index (χ0) is 14.1. The average molecular weight is 301 g/mol. The number of hydrogen-bond donors (Lipinski definition) is 1. The Hall–Kier alpha value is -1.29. The Morgan fingerprint density at radius 1 is 0.905 bits per heavy atom. The number of hydrogen-bond acceptors (Lipinski definition) is 4. The van der Waals surface area contributed by atoms with Crippen molar-refractivity contribution in [2.24, 2.45) is 0 Å². The predicted octanol–water partition coefficient (Wildman–Crippen LogP) is 3.48. The Balaban J connectivity index is 1.71. The molecule has 4 rings (SSSR count).